The van der Waals surface area contributed by atoms with Gasteiger partial charge in [0.05, 0.1) is 11.4 Å². The van der Waals surface area contributed by atoms with Crippen LogP contribution in [0.5, 0.6) is 0 Å². The molecule has 166 valence electrons. The van der Waals surface area contributed by atoms with E-state index in [4.69, 9.17) is 4.98 Å². The van der Waals surface area contributed by atoms with Crippen molar-refractivity contribution in [3.05, 3.63) is 17.8 Å². The fraction of sp³-hybridized carbons (Fsp3) is 0.714. The zero-order chi connectivity index (χ0) is 21.4. The van der Waals surface area contributed by atoms with E-state index >= 15 is 0 Å². The summed E-state index contributed by atoms with van der Waals surface area (Å²) in [4.78, 5) is 11.7. The number of aliphatic hydroxyl groups is 1. The quantitative estimate of drug-likeness (QED) is 0.707. The minimum absolute atomic E-state index is 0.135. The molecule has 1 saturated heterocycles. The molecule has 0 aromatic carbocycles. The van der Waals surface area contributed by atoms with E-state index in [9.17, 15) is 13.5 Å². The first-order valence-electron chi connectivity index (χ1n) is 11.0. The highest BCUT2D eigenvalue weighted by Crippen LogP contribution is 2.32. The highest BCUT2D eigenvalue weighted by atomic mass is 32.2. The Morgan fingerprint density at radius 3 is 2.57 bits per heavy atom. The Bertz CT molecular complexity index is 882. The van der Waals surface area contributed by atoms with Gasteiger partial charge < -0.3 is 15.3 Å². The molecule has 0 bridgehead atoms. The largest absolute Gasteiger partial charge is 0.389 e. The number of piperidine rings is 1. The van der Waals surface area contributed by atoms with E-state index in [0.29, 0.717) is 37.9 Å². The van der Waals surface area contributed by atoms with Crippen molar-refractivity contribution < 1.29 is 13.5 Å². The average molecular weight is 436 g/mol. The maximum absolute atomic E-state index is 12.5. The average Bonchev–Trinajstić information content (AvgIpc) is 3.21. The van der Waals surface area contributed by atoms with Gasteiger partial charge in [-0.1, -0.05) is 25.0 Å². The van der Waals surface area contributed by atoms with Crippen molar-refractivity contribution in [2.75, 3.05) is 35.6 Å². The van der Waals surface area contributed by atoms with Gasteiger partial charge in [-0.2, -0.15) is 4.98 Å². The second kappa shape index (κ2) is 8.43. The summed E-state index contributed by atoms with van der Waals surface area (Å²) in [5.41, 5.74) is -0.170. The molecule has 0 spiro atoms. The van der Waals surface area contributed by atoms with Gasteiger partial charge in [0.15, 0.2) is 0 Å². The van der Waals surface area contributed by atoms with Crippen molar-refractivity contribution in [2.45, 2.75) is 70.1 Å². The Kier molecular flexibility index (Phi) is 6.05. The summed E-state index contributed by atoms with van der Waals surface area (Å²) in [6.07, 6.45) is 12.5. The smallest absolute Gasteiger partial charge is 0.224 e. The van der Waals surface area contributed by atoms with Crippen LogP contribution in [0, 0.1) is 0 Å². The molecular formula is C21H33N5O3S. The molecule has 1 saturated carbocycles. The van der Waals surface area contributed by atoms with Crippen LogP contribution < -0.4 is 10.2 Å². The van der Waals surface area contributed by atoms with Gasteiger partial charge in [-0.15, -0.1) is 0 Å². The first-order chi connectivity index (χ1) is 14.2. The molecule has 9 heteroatoms. The Hall–Kier alpha value is -1.71. The zero-order valence-corrected chi connectivity index (χ0v) is 18.7. The predicted molar refractivity (Wildman–Crippen MR) is 119 cm³/mol. The van der Waals surface area contributed by atoms with Gasteiger partial charge in [0, 0.05) is 43.5 Å². The Morgan fingerprint density at radius 1 is 1.20 bits per heavy atom. The SMILES string of the molecule is CC(C)(O)CS(=O)(=O)N1CCC(Nc2ncc3c(n2)N(C2CCCC2)CC=C3)CC1. The van der Waals surface area contributed by atoms with Gasteiger partial charge in [0.2, 0.25) is 16.0 Å². The van der Waals surface area contributed by atoms with Gasteiger partial charge in [0.1, 0.15) is 5.82 Å². The fourth-order valence-electron chi connectivity index (χ4n) is 4.72. The summed E-state index contributed by atoms with van der Waals surface area (Å²) < 4.78 is 26.5. The van der Waals surface area contributed by atoms with E-state index in [2.05, 4.69) is 27.4 Å². The lowest BCUT2D eigenvalue weighted by molar-refractivity contribution is 0.103. The van der Waals surface area contributed by atoms with Crippen LogP contribution in [-0.4, -0.2) is 70.9 Å². The van der Waals surface area contributed by atoms with Crippen LogP contribution in [0.4, 0.5) is 11.8 Å². The molecule has 0 radical (unpaired) electrons. The van der Waals surface area contributed by atoms with E-state index in [0.717, 1.165) is 17.9 Å². The number of nitrogens with zero attached hydrogens (tertiary/aromatic N) is 4. The molecule has 2 aliphatic heterocycles. The molecule has 0 amide bonds. The van der Waals surface area contributed by atoms with Gasteiger partial charge in [0.25, 0.3) is 0 Å². The first kappa shape index (κ1) is 21.5. The van der Waals surface area contributed by atoms with Crippen molar-refractivity contribution in [1.29, 1.82) is 0 Å². The summed E-state index contributed by atoms with van der Waals surface area (Å²) in [6.45, 7) is 4.83. The van der Waals surface area contributed by atoms with Crippen LogP contribution in [-0.2, 0) is 10.0 Å². The molecule has 0 atom stereocenters. The van der Waals surface area contributed by atoms with Crippen LogP contribution in [0.25, 0.3) is 6.08 Å². The summed E-state index contributed by atoms with van der Waals surface area (Å²) in [5.74, 6) is 1.37. The lowest BCUT2D eigenvalue weighted by Gasteiger charge is -2.34. The predicted octanol–water partition coefficient (Wildman–Crippen LogP) is 2.23. The second-order valence-corrected chi connectivity index (χ2v) is 11.3. The Labute approximate surface area is 179 Å². The van der Waals surface area contributed by atoms with Crippen molar-refractivity contribution in [3.63, 3.8) is 0 Å². The number of sulfonamides is 1. The number of hydrogen-bond acceptors (Lipinski definition) is 7. The Balaban J connectivity index is 1.39. The molecule has 1 aromatic heterocycles. The number of anilines is 2. The highest BCUT2D eigenvalue weighted by molar-refractivity contribution is 7.89. The van der Waals surface area contributed by atoms with Crippen LogP contribution in [0.2, 0.25) is 0 Å². The van der Waals surface area contributed by atoms with E-state index in [-0.39, 0.29) is 11.8 Å². The highest BCUT2D eigenvalue weighted by Gasteiger charge is 2.33. The third-order valence-corrected chi connectivity index (χ3v) is 8.37. The van der Waals surface area contributed by atoms with Crippen molar-refractivity contribution in [2.24, 2.45) is 0 Å². The minimum Gasteiger partial charge on any atom is -0.389 e. The lowest BCUT2D eigenvalue weighted by atomic mass is 10.1. The molecule has 3 heterocycles. The maximum Gasteiger partial charge on any atom is 0.224 e. The summed E-state index contributed by atoms with van der Waals surface area (Å²) in [7, 11) is -3.46. The summed E-state index contributed by atoms with van der Waals surface area (Å²) in [6, 6.07) is 0.691. The van der Waals surface area contributed by atoms with Crippen molar-refractivity contribution >= 4 is 27.9 Å². The van der Waals surface area contributed by atoms with Crippen LogP contribution in [0.1, 0.15) is 57.9 Å². The number of rotatable bonds is 6. The first-order valence-corrected chi connectivity index (χ1v) is 12.6. The van der Waals surface area contributed by atoms with Crippen LogP contribution in [0.15, 0.2) is 12.3 Å². The molecule has 1 aliphatic carbocycles. The van der Waals surface area contributed by atoms with Gasteiger partial charge >= 0.3 is 0 Å². The molecule has 4 rings (SSSR count). The minimum atomic E-state index is -3.46. The zero-order valence-electron chi connectivity index (χ0n) is 17.9. The number of fused-ring (bicyclic) bond motifs is 1. The van der Waals surface area contributed by atoms with E-state index < -0.39 is 15.6 Å². The van der Waals surface area contributed by atoms with Crippen molar-refractivity contribution in [3.8, 4) is 0 Å². The van der Waals surface area contributed by atoms with Crippen LogP contribution >= 0.6 is 0 Å². The number of hydrogen-bond donors (Lipinski definition) is 2. The molecule has 8 nitrogen and oxygen atoms in total. The molecular weight excluding hydrogens is 402 g/mol. The summed E-state index contributed by atoms with van der Waals surface area (Å²) in [5, 5.41) is 13.3. The van der Waals surface area contributed by atoms with Crippen LogP contribution in [0.3, 0.4) is 0 Å². The third-order valence-electron chi connectivity index (χ3n) is 6.15. The normalized spacial score (nSPS) is 21.8. The van der Waals surface area contributed by atoms with Crippen molar-refractivity contribution in [1.82, 2.24) is 14.3 Å². The van der Waals surface area contributed by atoms with Gasteiger partial charge in [-0.3, -0.25) is 0 Å². The molecule has 2 N–H and O–H groups in total. The molecule has 3 aliphatic rings. The third kappa shape index (κ3) is 4.95. The fourth-order valence-corrected chi connectivity index (χ4v) is 6.56. The molecule has 30 heavy (non-hydrogen) atoms. The van der Waals surface area contributed by atoms with E-state index in [1.54, 1.807) is 0 Å². The van der Waals surface area contributed by atoms with Gasteiger partial charge in [-0.25, -0.2) is 17.7 Å². The Morgan fingerprint density at radius 2 is 1.90 bits per heavy atom. The van der Waals surface area contributed by atoms with Gasteiger partial charge in [-0.05, 0) is 39.5 Å². The molecule has 1 aromatic rings. The van der Waals surface area contributed by atoms with E-state index in [1.807, 2.05) is 6.20 Å². The molecule has 0 unspecified atom stereocenters. The van der Waals surface area contributed by atoms with E-state index in [1.165, 1.54) is 43.8 Å². The number of aromatic nitrogens is 2. The molecule has 2 fully saturated rings. The monoisotopic (exact) mass is 435 g/mol. The number of nitrogens with one attached hydrogen (secondary N) is 1. The topological polar surface area (TPSA) is 98.7 Å². The maximum atomic E-state index is 12.5. The standard InChI is InChI=1S/C21H33N5O3S/c1-21(2,27)15-30(28,29)25-12-9-17(10-13-25)23-20-22-14-16-6-5-11-26(19(16)24-20)18-7-3-4-8-18/h5-6,14,17-18,27H,3-4,7-13,15H2,1-2H3,(H,22,23,24). The second-order valence-electron chi connectivity index (χ2n) is 9.35. The lowest BCUT2D eigenvalue weighted by Crippen LogP contribution is -2.46. The summed E-state index contributed by atoms with van der Waals surface area (Å²) >= 11 is 0.